The first-order chi connectivity index (χ1) is 8.58. The number of nitrogens with one attached hydrogen (secondary N) is 1. The average Bonchev–Trinajstić information content (AvgIpc) is 2.59. The van der Waals surface area contributed by atoms with Crippen LogP contribution in [0.15, 0.2) is 18.2 Å². The summed E-state index contributed by atoms with van der Waals surface area (Å²) in [6.07, 6.45) is 0. The molecule has 5 nitrogen and oxygen atoms in total. The van der Waals surface area contributed by atoms with Gasteiger partial charge in [0.1, 0.15) is 6.61 Å². The van der Waals surface area contributed by atoms with E-state index in [9.17, 15) is 4.79 Å². The van der Waals surface area contributed by atoms with Crippen LogP contribution in [0.1, 0.15) is 5.56 Å². The molecule has 3 N–H and O–H groups in total. The Labute approximate surface area is 110 Å². The number of benzene rings is 1. The summed E-state index contributed by atoms with van der Waals surface area (Å²) in [6.45, 7) is 2.96. The van der Waals surface area contributed by atoms with E-state index in [2.05, 4.69) is 4.98 Å². The zero-order valence-corrected chi connectivity index (χ0v) is 10.9. The predicted molar refractivity (Wildman–Crippen MR) is 71.9 cm³/mol. The molecular formula is C12H15N3O2S. The quantitative estimate of drug-likeness (QED) is 0.635. The predicted octanol–water partition coefficient (Wildman–Crippen LogP) is 1.51. The van der Waals surface area contributed by atoms with Crippen molar-refractivity contribution in [2.24, 2.45) is 5.73 Å². The molecule has 0 aliphatic rings. The second kappa shape index (κ2) is 5.32. The summed E-state index contributed by atoms with van der Waals surface area (Å²) in [5, 5.41) is 0. The molecule has 1 aromatic carbocycles. The maximum Gasteiger partial charge on any atom is 0.243 e. The second-order valence-electron chi connectivity index (χ2n) is 4.12. The fourth-order valence-corrected chi connectivity index (χ4v) is 2.13. The monoisotopic (exact) mass is 265 g/mol. The average molecular weight is 265 g/mol. The highest BCUT2D eigenvalue weighted by atomic mass is 32.1. The third-order valence-electron chi connectivity index (χ3n) is 2.63. The van der Waals surface area contributed by atoms with E-state index in [-0.39, 0.29) is 6.61 Å². The Morgan fingerprint density at radius 2 is 2.33 bits per heavy atom. The SMILES string of the molecule is Cc1ccc2c(c1)[nH]c(=S)n2CCOCC(N)=O. The Morgan fingerprint density at radius 3 is 3.06 bits per heavy atom. The van der Waals surface area contributed by atoms with E-state index < -0.39 is 5.91 Å². The van der Waals surface area contributed by atoms with E-state index >= 15 is 0 Å². The number of amides is 1. The molecule has 1 heterocycles. The Hall–Kier alpha value is -1.66. The van der Waals surface area contributed by atoms with Crippen LogP contribution in [0.25, 0.3) is 11.0 Å². The first kappa shape index (κ1) is 12.8. The molecule has 0 aliphatic carbocycles. The number of rotatable bonds is 5. The molecule has 0 spiro atoms. The van der Waals surface area contributed by atoms with Gasteiger partial charge in [0, 0.05) is 6.54 Å². The van der Waals surface area contributed by atoms with Crippen molar-refractivity contribution in [2.45, 2.75) is 13.5 Å². The number of hydrogen-bond donors (Lipinski definition) is 2. The lowest BCUT2D eigenvalue weighted by atomic mass is 10.2. The lowest BCUT2D eigenvalue weighted by molar-refractivity contribution is -0.122. The van der Waals surface area contributed by atoms with Gasteiger partial charge in [0.2, 0.25) is 5.91 Å². The van der Waals surface area contributed by atoms with Gasteiger partial charge in [-0.15, -0.1) is 0 Å². The highest BCUT2D eigenvalue weighted by molar-refractivity contribution is 7.71. The van der Waals surface area contributed by atoms with Gasteiger partial charge in [-0.05, 0) is 36.8 Å². The first-order valence-corrected chi connectivity index (χ1v) is 6.04. The third kappa shape index (κ3) is 2.77. The summed E-state index contributed by atoms with van der Waals surface area (Å²) in [4.78, 5) is 13.7. The first-order valence-electron chi connectivity index (χ1n) is 5.63. The Morgan fingerprint density at radius 1 is 1.56 bits per heavy atom. The van der Waals surface area contributed by atoms with Gasteiger partial charge in [-0.1, -0.05) is 6.07 Å². The molecule has 2 rings (SSSR count). The minimum atomic E-state index is -0.465. The van der Waals surface area contributed by atoms with Gasteiger partial charge in [0.05, 0.1) is 17.6 Å². The number of fused-ring (bicyclic) bond motifs is 1. The summed E-state index contributed by atoms with van der Waals surface area (Å²) >= 11 is 5.26. The molecule has 2 aromatic rings. The van der Waals surface area contributed by atoms with Crippen LogP contribution in [0.4, 0.5) is 0 Å². The number of aromatic nitrogens is 2. The maximum absolute atomic E-state index is 10.5. The van der Waals surface area contributed by atoms with Crippen LogP contribution in [-0.2, 0) is 16.1 Å². The zero-order valence-electron chi connectivity index (χ0n) is 10.1. The molecule has 0 saturated heterocycles. The number of carbonyl (C=O) groups is 1. The van der Waals surface area contributed by atoms with Gasteiger partial charge in [0.25, 0.3) is 0 Å². The van der Waals surface area contributed by atoms with Crippen LogP contribution >= 0.6 is 12.2 Å². The van der Waals surface area contributed by atoms with E-state index in [1.807, 2.05) is 29.7 Å². The van der Waals surface area contributed by atoms with E-state index in [1.54, 1.807) is 0 Å². The molecule has 0 saturated carbocycles. The Balaban J connectivity index is 2.15. The van der Waals surface area contributed by atoms with Crippen molar-refractivity contribution in [1.82, 2.24) is 9.55 Å². The van der Waals surface area contributed by atoms with Gasteiger partial charge in [-0.2, -0.15) is 0 Å². The maximum atomic E-state index is 10.5. The summed E-state index contributed by atoms with van der Waals surface area (Å²) in [5.41, 5.74) is 8.21. The van der Waals surface area contributed by atoms with Crippen molar-refractivity contribution in [3.63, 3.8) is 0 Å². The number of carbonyl (C=O) groups excluding carboxylic acids is 1. The molecule has 0 unspecified atom stereocenters. The van der Waals surface area contributed by atoms with E-state index in [1.165, 1.54) is 5.56 Å². The minimum Gasteiger partial charge on any atom is -0.370 e. The largest absolute Gasteiger partial charge is 0.370 e. The van der Waals surface area contributed by atoms with Crippen molar-refractivity contribution < 1.29 is 9.53 Å². The number of aromatic amines is 1. The summed E-state index contributed by atoms with van der Waals surface area (Å²) < 4.78 is 7.74. The standard InChI is InChI=1S/C12H15N3O2S/c1-8-2-3-10-9(6-8)14-12(18)15(10)4-5-17-7-11(13)16/h2-3,6H,4-5,7H2,1H3,(H2,13,16)(H,14,18). The fourth-order valence-electron chi connectivity index (χ4n) is 1.83. The number of primary amides is 1. The zero-order chi connectivity index (χ0) is 13.1. The Bertz CT molecular complexity index is 630. The topological polar surface area (TPSA) is 73.0 Å². The summed E-state index contributed by atoms with van der Waals surface area (Å²) in [7, 11) is 0. The number of hydrogen-bond acceptors (Lipinski definition) is 3. The minimum absolute atomic E-state index is 0.0607. The van der Waals surface area contributed by atoms with Crippen LogP contribution < -0.4 is 5.73 Å². The van der Waals surface area contributed by atoms with Crippen LogP contribution in [-0.4, -0.2) is 28.7 Å². The van der Waals surface area contributed by atoms with Crippen molar-refractivity contribution >= 4 is 29.2 Å². The second-order valence-corrected chi connectivity index (χ2v) is 4.51. The number of aryl methyl sites for hydroxylation is 1. The van der Waals surface area contributed by atoms with E-state index in [0.29, 0.717) is 17.9 Å². The number of H-pyrrole nitrogens is 1. The van der Waals surface area contributed by atoms with Crippen LogP contribution in [0.2, 0.25) is 0 Å². The highest BCUT2D eigenvalue weighted by Crippen LogP contribution is 2.15. The van der Waals surface area contributed by atoms with E-state index in [4.69, 9.17) is 22.7 Å². The molecular weight excluding hydrogens is 250 g/mol. The summed E-state index contributed by atoms with van der Waals surface area (Å²) in [5.74, 6) is -0.465. The molecule has 18 heavy (non-hydrogen) atoms. The molecule has 1 aromatic heterocycles. The normalized spacial score (nSPS) is 10.9. The molecule has 1 amide bonds. The highest BCUT2D eigenvalue weighted by Gasteiger charge is 2.04. The summed E-state index contributed by atoms with van der Waals surface area (Å²) in [6, 6.07) is 6.10. The van der Waals surface area contributed by atoms with Crippen LogP contribution in [0, 0.1) is 11.7 Å². The third-order valence-corrected chi connectivity index (χ3v) is 2.96. The van der Waals surface area contributed by atoms with Crippen molar-refractivity contribution in [1.29, 1.82) is 0 Å². The molecule has 0 radical (unpaired) electrons. The lowest BCUT2D eigenvalue weighted by Gasteiger charge is -2.05. The van der Waals surface area contributed by atoms with Gasteiger partial charge in [0.15, 0.2) is 4.77 Å². The molecule has 6 heteroatoms. The molecule has 0 bridgehead atoms. The number of ether oxygens (including phenoxy) is 1. The smallest absolute Gasteiger partial charge is 0.243 e. The van der Waals surface area contributed by atoms with Crippen molar-refractivity contribution in [2.75, 3.05) is 13.2 Å². The number of imidazole rings is 1. The molecule has 0 atom stereocenters. The lowest BCUT2D eigenvalue weighted by Crippen LogP contribution is -2.19. The number of nitrogens with zero attached hydrogens (tertiary/aromatic N) is 1. The number of nitrogens with two attached hydrogens (primary N) is 1. The fraction of sp³-hybridized carbons (Fsp3) is 0.333. The molecule has 0 fully saturated rings. The van der Waals surface area contributed by atoms with Crippen LogP contribution in [0.3, 0.4) is 0 Å². The van der Waals surface area contributed by atoms with Crippen molar-refractivity contribution in [3.8, 4) is 0 Å². The van der Waals surface area contributed by atoms with E-state index in [0.717, 1.165) is 11.0 Å². The van der Waals surface area contributed by atoms with Crippen LogP contribution in [0.5, 0.6) is 0 Å². The Kier molecular flexibility index (Phi) is 3.78. The molecule has 0 aliphatic heterocycles. The van der Waals surface area contributed by atoms with Gasteiger partial charge < -0.3 is 20.0 Å². The molecule has 96 valence electrons. The van der Waals surface area contributed by atoms with Gasteiger partial charge >= 0.3 is 0 Å². The van der Waals surface area contributed by atoms with Gasteiger partial charge in [-0.3, -0.25) is 4.79 Å². The van der Waals surface area contributed by atoms with Crippen molar-refractivity contribution in [3.05, 3.63) is 28.5 Å². The van der Waals surface area contributed by atoms with Gasteiger partial charge in [-0.25, -0.2) is 0 Å².